The smallest absolute Gasteiger partial charge is 0.306 e. The van der Waals surface area contributed by atoms with Crippen molar-refractivity contribution in [2.24, 2.45) is 0 Å². The molecule has 0 saturated heterocycles. The zero-order valence-electron chi connectivity index (χ0n) is 37.1. The summed E-state index contributed by atoms with van der Waals surface area (Å²) in [5.74, 6) is -0.958. The zero-order valence-corrected chi connectivity index (χ0v) is 37.1. The molecule has 6 heteroatoms. The molecule has 0 radical (unpaired) electrons. The molecule has 0 aromatic carbocycles. The third kappa shape index (κ3) is 43.8. The van der Waals surface area contributed by atoms with E-state index in [1.54, 1.807) is 0 Å². The van der Waals surface area contributed by atoms with E-state index in [-0.39, 0.29) is 31.1 Å². The van der Waals surface area contributed by atoms with Gasteiger partial charge in [-0.3, -0.25) is 14.4 Å². The SMILES string of the molecule is CC\C=C/C=C\C=C/CCCCCCCCCC(=O)OCC(COC(=O)CCCCC/C=C\C=C/CCCC)OC(=O)CCCCC/C=C\CCCCCCCC. The largest absolute Gasteiger partial charge is 0.462 e. The quantitative estimate of drug-likeness (QED) is 0.0202. The molecule has 0 heterocycles. The van der Waals surface area contributed by atoms with Crippen LogP contribution in [0.1, 0.15) is 213 Å². The first-order chi connectivity index (χ1) is 28.0. The van der Waals surface area contributed by atoms with Gasteiger partial charge in [-0.05, 0) is 83.5 Å². The molecular weight excluding hydrogens is 709 g/mol. The Kier molecular flexibility index (Phi) is 43.0. The third-order valence-electron chi connectivity index (χ3n) is 9.75. The van der Waals surface area contributed by atoms with Crippen molar-refractivity contribution in [1.29, 1.82) is 0 Å². The van der Waals surface area contributed by atoms with Gasteiger partial charge in [0.2, 0.25) is 0 Å². The van der Waals surface area contributed by atoms with E-state index in [1.807, 2.05) is 0 Å². The fraction of sp³-hybridized carbons (Fsp3) is 0.706. The Bertz CT molecular complexity index is 1100. The fourth-order valence-electron chi connectivity index (χ4n) is 6.18. The maximum absolute atomic E-state index is 12.7. The summed E-state index contributed by atoms with van der Waals surface area (Å²) in [5.41, 5.74) is 0. The molecule has 6 nitrogen and oxygen atoms in total. The van der Waals surface area contributed by atoms with Gasteiger partial charge in [0, 0.05) is 19.3 Å². The van der Waals surface area contributed by atoms with Crippen LogP contribution in [0.25, 0.3) is 0 Å². The number of carbonyl (C=O) groups is 3. The summed E-state index contributed by atoms with van der Waals surface area (Å²) in [6.45, 7) is 6.38. The van der Waals surface area contributed by atoms with Crippen molar-refractivity contribution < 1.29 is 28.6 Å². The van der Waals surface area contributed by atoms with Gasteiger partial charge in [0.25, 0.3) is 0 Å². The number of hydrogen-bond acceptors (Lipinski definition) is 6. The number of carbonyl (C=O) groups excluding carboxylic acids is 3. The summed E-state index contributed by atoms with van der Waals surface area (Å²) in [7, 11) is 0. The third-order valence-corrected chi connectivity index (χ3v) is 9.75. The van der Waals surface area contributed by atoms with Crippen molar-refractivity contribution in [2.75, 3.05) is 13.2 Å². The Labute approximate surface area is 351 Å². The molecule has 0 aromatic heterocycles. The van der Waals surface area contributed by atoms with Gasteiger partial charge >= 0.3 is 17.9 Å². The van der Waals surface area contributed by atoms with Crippen LogP contribution in [-0.2, 0) is 28.6 Å². The maximum atomic E-state index is 12.7. The van der Waals surface area contributed by atoms with Gasteiger partial charge in [0.05, 0.1) is 0 Å². The lowest BCUT2D eigenvalue weighted by Crippen LogP contribution is -2.30. The Morgan fingerprint density at radius 2 is 0.719 bits per heavy atom. The highest BCUT2D eigenvalue weighted by Crippen LogP contribution is 2.13. The molecule has 0 amide bonds. The first-order valence-corrected chi connectivity index (χ1v) is 23.5. The van der Waals surface area contributed by atoms with E-state index >= 15 is 0 Å². The number of hydrogen-bond donors (Lipinski definition) is 0. The van der Waals surface area contributed by atoms with Gasteiger partial charge < -0.3 is 14.2 Å². The van der Waals surface area contributed by atoms with Gasteiger partial charge in [-0.15, -0.1) is 0 Å². The maximum Gasteiger partial charge on any atom is 0.306 e. The zero-order chi connectivity index (χ0) is 41.5. The molecule has 0 aliphatic carbocycles. The first-order valence-electron chi connectivity index (χ1n) is 23.5. The molecule has 0 bridgehead atoms. The molecule has 0 aliphatic heterocycles. The minimum atomic E-state index is -0.797. The lowest BCUT2D eigenvalue weighted by molar-refractivity contribution is -0.167. The van der Waals surface area contributed by atoms with Gasteiger partial charge in [-0.25, -0.2) is 0 Å². The Hall–Kier alpha value is -3.15. The van der Waals surface area contributed by atoms with Crippen LogP contribution in [0.4, 0.5) is 0 Å². The second kappa shape index (κ2) is 45.6. The molecule has 0 saturated carbocycles. The van der Waals surface area contributed by atoms with Crippen LogP contribution in [0.2, 0.25) is 0 Å². The number of esters is 3. The lowest BCUT2D eigenvalue weighted by atomic mass is 10.1. The number of allylic oxidation sites excluding steroid dienone is 12. The molecule has 1 unspecified atom stereocenters. The highest BCUT2D eigenvalue weighted by atomic mass is 16.6. The molecule has 0 aliphatic rings. The summed E-state index contributed by atoms with van der Waals surface area (Å²) in [5, 5.41) is 0. The number of ether oxygens (including phenoxy) is 3. The fourth-order valence-corrected chi connectivity index (χ4v) is 6.18. The topological polar surface area (TPSA) is 78.9 Å². The van der Waals surface area contributed by atoms with E-state index < -0.39 is 6.10 Å². The molecule has 0 fully saturated rings. The van der Waals surface area contributed by atoms with Gasteiger partial charge in [-0.2, -0.15) is 0 Å². The van der Waals surface area contributed by atoms with Crippen LogP contribution < -0.4 is 0 Å². The lowest BCUT2D eigenvalue weighted by Gasteiger charge is -2.18. The van der Waals surface area contributed by atoms with Crippen molar-refractivity contribution in [3.8, 4) is 0 Å². The number of rotatable bonds is 41. The molecule has 1 atom stereocenters. The normalized spacial score (nSPS) is 12.7. The van der Waals surface area contributed by atoms with E-state index in [2.05, 4.69) is 93.7 Å². The standard InChI is InChI=1S/C51H86O6/c1-4-7-10-13-16-19-22-24-25-27-29-32-35-38-41-44-50(53)56-47-48(46-55-49(52)43-40-37-34-31-28-21-18-15-12-9-6-3)57-51(54)45-42-39-36-33-30-26-23-20-17-14-11-8-5-2/h7,10,13,15-16,18-19,21-22,26,28,30,48H,4-6,8-9,11-12,14,17,20,23-25,27,29,31-47H2,1-3H3/b10-7-,16-13-,18-15-,22-19-,28-21-,30-26-. The molecule has 0 aromatic rings. The average Bonchev–Trinajstić information content (AvgIpc) is 3.21. The Balaban J connectivity index is 4.45. The van der Waals surface area contributed by atoms with Crippen molar-refractivity contribution in [3.63, 3.8) is 0 Å². The second-order valence-electron chi connectivity index (χ2n) is 15.4. The Morgan fingerprint density at radius 3 is 1.19 bits per heavy atom. The minimum absolute atomic E-state index is 0.0971. The second-order valence-corrected chi connectivity index (χ2v) is 15.4. The predicted molar refractivity (Wildman–Crippen MR) is 242 cm³/mol. The van der Waals surface area contributed by atoms with Gasteiger partial charge in [-0.1, -0.05) is 184 Å². The van der Waals surface area contributed by atoms with E-state index in [0.717, 1.165) is 96.3 Å². The van der Waals surface area contributed by atoms with E-state index in [4.69, 9.17) is 14.2 Å². The molecule has 0 rings (SSSR count). The summed E-state index contributed by atoms with van der Waals surface area (Å²) < 4.78 is 16.7. The highest BCUT2D eigenvalue weighted by Gasteiger charge is 2.19. The first kappa shape index (κ1) is 53.9. The van der Waals surface area contributed by atoms with Crippen LogP contribution >= 0.6 is 0 Å². The predicted octanol–water partition coefficient (Wildman–Crippen LogP) is 15.1. The Morgan fingerprint density at radius 1 is 0.368 bits per heavy atom. The molecule has 0 N–H and O–H groups in total. The average molecular weight is 795 g/mol. The number of unbranched alkanes of at least 4 members (excludes halogenated alkanes) is 21. The molecular formula is C51H86O6. The van der Waals surface area contributed by atoms with Crippen LogP contribution in [-0.4, -0.2) is 37.2 Å². The summed E-state index contributed by atoms with van der Waals surface area (Å²) in [6, 6.07) is 0. The van der Waals surface area contributed by atoms with Crippen LogP contribution in [0, 0.1) is 0 Å². The van der Waals surface area contributed by atoms with Crippen molar-refractivity contribution in [2.45, 2.75) is 219 Å². The van der Waals surface area contributed by atoms with Crippen LogP contribution in [0.3, 0.4) is 0 Å². The van der Waals surface area contributed by atoms with Gasteiger partial charge in [0.15, 0.2) is 6.10 Å². The van der Waals surface area contributed by atoms with E-state index in [0.29, 0.717) is 19.3 Å². The van der Waals surface area contributed by atoms with Crippen LogP contribution in [0.5, 0.6) is 0 Å². The van der Waals surface area contributed by atoms with Crippen LogP contribution in [0.15, 0.2) is 72.9 Å². The molecule has 0 spiro atoms. The monoisotopic (exact) mass is 795 g/mol. The summed E-state index contributed by atoms with van der Waals surface area (Å²) in [6.07, 6.45) is 56.0. The minimum Gasteiger partial charge on any atom is -0.462 e. The van der Waals surface area contributed by atoms with Crippen molar-refractivity contribution in [3.05, 3.63) is 72.9 Å². The summed E-state index contributed by atoms with van der Waals surface area (Å²) >= 11 is 0. The highest BCUT2D eigenvalue weighted by molar-refractivity contribution is 5.71. The van der Waals surface area contributed by atoms with Gasteiger partial charge in [0.1, 0.15) is 13.2 Å². The van der Waals surface area contributed by atoms with Crippen molar-refractivity contribution >= 4 is 17.9 Å². The molecule has 326 valence electrons. The summed E-state index contributed by atoms with van der Waals surface area (Å²) in [4.78, 5) is 37.8. The van der Waals surface area contributed by atoms with E-state index in [9.17, 15) is 14.4 Å². The van der Waals surface area contributed by atoms with E-state index in [1.165, 1.54) is 77.0 Å². The molecule has 57 heavy (non-hydrogen) atoms. The van der Waals surface area contributed by atoms with Crippen molar-refractivity contribution in [1.82, 2.24) is 0 Å².